The second kappa shape index (κ2) is 4.83. The zero-order valence-corrected chi connectivity index (χ0v) is 9.05. The molecule has 0 saturated carbocycles. The molecule has 0 saturated heterocycles. The van der Waals surface area contributed by atoms with Gasteiger partial charge in [-0.05, 0) is 23.8 Å². The number of nitrogens with two attached hydrogens (primary N) is 1. The molecule has 0 heterocycles. The second-order valence-corrected chi connectivity index (χ2v) is 4.64. The third-order valence-corrected chi connectivity index (χ3v) is 2.48. The van der Waals surface area contributed by atoms with Gasteiger partial charge >= 0.3 is 0 Å². The Morgan fingerprint density at radius 1 is 1.33 bits per heavy atom. The van der Waals surface area contributed by atoms with Gasteiger partial charge in [-0.3, -0.25) is 0 Å². The quantitative estimate of drug-likeness (QED) is 0.704. The van der Waals surface area contributed by atoms with Gasteiger partial charge in [0.2, 0.25) is 0 Å². The molecule has 12 heavy (non-hydrogen) atoms. The molecule has 0 aromatic heterocycles. The van der Waals surface area contributed by atoms with E-state index in [-0.39, 0.29) is 5.41 Å². The molecule has 2 heteroatoms. The van der Waals surface area contributed by atoms with Crippen LogP contribution in [-0.2, 0) is 4.74 Å². The van der Waals surface area contributed by atoms with Crippen LogP contribution < -0.4 is 5.73 Å². The van der Waals surface area contributed by atoms with Gasteiger partial charge in [0.05, 0.1) is 0 Å². The molecule has 0 rings (SSSR count). The van der Waals surface area contributed by atoms with E-state index in [1.54, 1.807) is 7.11 Å². The molecule has 2 nitrogen and oxygen atoms in total. The summed E-state index contributed by atoms with van der Waals surface area (Å²) in [7, 11) is 1.74. The molecule has 0 aliphatic carbocycles. The Bertz CT molecular complexity index is 117. The zero-order valence-electron chi connectivity index (χ0n) is 9.05. The van der Waals surface area contributed by atoms with Gasteiger partial charge in [0.15, 0.2) is 0 Å². The predicted molar refractivity (Wildman–Crippen MR) is 53.0 cm³/mol. The molecule has 0 aliphatic heterocycles. The lowest BCUT2D eigenvalue weighted by atomic mass is 9.74. The van der Waals surface area contributed by atoms with E-state index in [2.05, 4.69) is 27.7 Å². The van der Waals surface area contributed by atoms with Crippen LogP contribution in [0.15, 0.2) is 0 Å². The maximum absolute atomic E-state index is 5.73. The lowest BCUT2D eigenvalue weighted by molar-refractivity contribution is 0.0847. The lowest BCUT2D eigenvalue weighted by Crippen LogP contribution is -2.35. The van der Waals surface area contributed by atoms with Gasteiger partial charge in [-0.2, -0.15) is 0 Å². The van der Waals surface area contributed by atoms with E-state index in [0.717, 1.165) is 13.2 Å². The summed E-state index contributed by atoms with van der Waals surface area (Å²) in [5.74, 6) is 1.08. The molecular formula is C10H23NO. The molecule has 0 aliphatic rings. The maximum Gasteiger partial charge on any atom is 0.0491 e. The first-order chi connectivity index (χ1) is 5.43. The third-order valence-electron chi connectivity index (χ3n) is 2.48. The van der Waals surface area contributed by atoms with E-state index < -0.39 is 0 Å². The second-order valence-electron chi connectivity index (χ2n) is 4.64. The zero-order chi connectivity index (χ0) is 9.78. The van der Waals surface area contributed by atoms with Crippen LogP contribution in [-0.4, -0.2) is 20.3 Å². The number of hydrogen-bond donors (Lipinski definition) is 1. The molecule has 0 aromatic rings. The van der Waals surface area contributed by atoms with Crippen molar-refractivity contribution in [1.29, 1.82) is 0 Å². The first-order valence-corrected chi connectivity index (χ1v) is 4.62. The Kier molecular flexibility index (Phi) is 4.80. The SMILES string of the molecule is COCC(C)C(CN)C(C)(C)C. The smallest absolute Gasteiger partial charge is 0.0491 e. The summed E-state index contributed by atoms with van der Waals surface area (Å²) in [5, 5.41) is 0. The van der Waals surface area contributed by atoms with E-state index in [1.165, 1.54) is 0 Å². The van der Waals surface area contributed by atoms with Crippen molar-refractivity contribution in [2.75, 3.05) is 20.3 Å². The number of methoxy groups -OCH3 is 1. The van der Waals surface area contributed by atoms with Crippen LogP contribution in [0.4, 0.5) is 0 Å². The van der Waals surface area contributed by atoms with Crippen molar-refractivity contribution < 1.29 is 4.74 Å². The van der Waals surface area contributed by atoms with Crippen LogP contribution in [0.1, 0.15) is 27.7 Å². The minimum atomic E-state index is 0.284. The van der Waals surface area contributed by atoms with Crippen molar-refractivity contribution >= 4 is 0 Å². The first kappa shape index (κ1) is 11.9. The summed E-state index contributed by atoms with van der Waals surface area (Å²) in [4.78, 5) is 0. The highest BCUT2D eigenvalue weighted by Crippen LogP contribution is 2.31. The van der Waals surface area contributed by atoms with E-state index in [4.69, 9.17) is 10.5 Å². The van der Waals surface area contributed by atoms with Crippen molar-refractivity contribution in [2.45, 2.75) is 27.7 Å². The molecule has 0 spiro atoms. The van der Waals surface area contributed by atoms with Crippen LogP contribution >= 0.6 is 0 Å². The standard InChI is InChI=1S/C10H23NO/c1-8(7-12-5)9(6-11)10(2,3)4/h8-9H,6-7,11H2,1-5H3. The Hall–Kier alpha value is -0.0800. The summed E-state index contributed by atoms with van der Waals surface area (Å²) in [6.07, 6.45) is 0. The van der Waals surface area contributed by atoms with E-state index in [0.29, 0.717) is 11.8 Å². The summed E-state index contributed by atoms with van der Waals surface area (Å²) in [6, 6.07) is 0. The topological polar surface area (TPSA) is 35.2 Å². The van der Waals surface area contributed by atoms with Crippen molar-refractivity contribution in [1.82, 2.24) is 0 Å². The molecule has 2 N–H and O–H groups in total. The highest BCUT2D eigenvalue weighted by molar-refractivity contribution is 4.78. The first-order valence-electron chi connectivity index (χ1n) is 4.62. The molecular weight excluding hydrogens is 150 g/mol. The average molecular weight is 173 g/mol. The maximum atomic E-state index is 5.73. The highest BCUT2D eigenvalue weighted by Gasteiger charge is 2.28. The predicted octanol–water partition coefficient (Wildman–Crippen LogP) is 1.89. The van der Waals surface area contributed by atoms with Gasteiger partial charge in [0.25, 0.3) is 0 Å². The molecule has 2 atom stereocenters. The molecule has 0 bridgehead atoms. The molecule has 0 radical (unpaired) electrons. The summed E-state index contributed by atoms with van der Waals surface area (Å²) < 4.78 is 5.13. The fourth-order valence-electron chi connectivity index (χ4n) is 1.82. The van der Waals surface area contributed by atoms with Crippen LogP contribution in [0.2, 0.25) is 0 Å². The number of ether oxygens (including phenoxy) is 1. The van der Waals surface area contributed by atoms with Gasteiger partial charge in [-0.25, -0.2) is 0 Å². The molecule has 0 amide bonds. The Morgan fingerprint density at radius 2 is 1.83 bits per heavy atom. The van der Waals surface area contributed by atoms with Gasteiger partial charge in [0, 0.05) is 13.7 Å². The molecule has 0 fully saturated rings. The van der Waals surface area contributed by atoms with Crippen molar-refractivity contribution in [2.24, 2.45) is 23.0 Å². The van der Waals surface area contributed by atoms with Gasteiger partial charge < -0.3 is 10.5 Å². The summed E-state index contributed by atoms with van der Waals surface area (Å²) in [5.41, 5.74) is 6.02. The van der Waals surface area contributed by atoms with Crippen molar-refractivity contribution in [3.05, 3.63) is 0 Å². The fourth-order valence-corrected chi connectivity index (χ4v) is 1.82. The van der Waals surface area contributed by atoms with Gasteiger partial charge in [-0.15, -0.1) is 0 Å². The monoisotopic (exact) mass is 173 g/mol. The highest BCUT2D eigenvalue weighted by atomic mass is 16.5. The largest absolute Gasteiger partial charge is 0.384 e. The lowest BCUT2D eigenvalue weighted by Gasteiger charge is -2.34. The Balaban J connectivity index is 4.14. The van der Waals surface area contributed by atoms with Crippen LogP contribution in [0.25, 0.3) is 0 Å². The summed E-state index contributed by atoms with van der Waals surface area (Å²) >= 11 is 0. The van der Waals surface area contributed by atoms with Crippen LogP contribution in [0.3, 0.4) is 0 Å². The number of hydrogen-bond acceptors (Lipinski definition) is 2. The van der Waals surface area contributed by atoms with Crippen molar-refractivity contribution in [3.8, 4) is 0 Å². The van der Waals surface area contributed by atoms with Gasteiger partial charge in [0.1, 0.15) is 0 Å². The van der Waals surface area contributed by atoms with E-state index in [1.807, 2.05) is 0 Å². The van der Waals surface area contributed by atoms with Crippen LogP contribution in [0.5, 0.6) is 0 Å². The molecule has 74 valence electrons. The number of rotatable bonds is 4. The Morgan fingerprint density at radius 3 is 2.08 bits per heavy atom. The fraction of sp³-hybridized carbons (Fsp3) is 1.00. The molecule has 2 unspecified atom stereocenters. The summed E-state index contributed by atoms with van der Waals surface area (Å²) in [6.45, 7) is 10.4. The normalized spacial score (nSPS) is 17.5. The van der Waals surface area contributed by atoms with E-state index >= 15 is 0 Å². The minimum absolute atomic E-state index is 0.284. The van der Waals surface area contributed by atoms with E-state index in [9.17, 15) is 0 Å². The van der Waals surface area contributed by atoms with Crippen molar-refractivity contribution in [3.63, 3.8) is 0 Å². The Labute approximate surface area is 76.5 Å². The third kappa shape index (κ3) is 3.55. The minimum Gasteiger partial charge on any atom is -0.384 e. The average Bonchev–Trinajstić information content (AvgIpc) is 1.85. The van der Waals surface area contributed by atoms with Gasteiger partial charge in [-0.1, -0.05) is 27.7 Å². The van der Waals surface area contributed by atoms with Crippen LogP contribution in [0, 0.1) is 17.3 Å². The molecule has 0 aromatic carbocycles.